The lowest BCUT2D eigenvalue weighted by Gasteiger charge is -2.23. The lowest BCUT2D eigenvalue weighted by atomic mass is 9.99. The van der Waals surface area contributed by atoms with Gasteiger partial charge in [-0.15, -0.1) is 0 Å². The van der Waals surface area contributed by atoms with Gasteiger partial charge in [0, 0.05) is 11.8 Å². The largest absolute Gasteiger partial charge is 0.444 e. The minimum Gasteiger partial charge on any atom is -0.444 e. The molecule has 0 aliphatic rings. The summed E-state index contributed by atoms with van der Waals surface area (Å²) in [5, 5.41) is 12.7. The number of hydrogen-bond donors (Lipinski definition) is 2. The SMILES string of the molecule is CC(C)(C)OC(=O)Nc1ccc([C@](C)(O)COS(C)(=O)=O)cn1. The van der Waals surface area contributed by atoms with Crippen molar-refractivity contribution in [1.29, 1.82) is 0 Å². The van der Waals surface area contributed by atoms with Crippen LogP contribution in [0.25, 0.3) is 0 Å². The number of aromatic nitrogens is 1. The third kappa shape index (κ3) is 7.40. The lowest BCUT2D eigenvalue weighted by Crippen LogP contribution is -2.30. The molecule has 0 radical (unpaired) electrons. The number of ether oxygens (including phenoxy) is 1. The Bertz CT molecular complexity index is 647. The molecule has 0 unspecified atom stereocenters. The molecule has 0 bridgehead atoms. The molecule has 1 amide bonds. The van der Waals surface area contributed by atoms with Gasteiger partial charge in [0.1, 0.15) is 17.0 Å². The Balaban J connectivity index is 2.74. The molecule has 0 aliphatic carbocycles. The smallest absolute Gasteiger partial charge is 0.413 e. The summed E-state index contributed by atoms with van der Waals surface area (Å²) in [6.07, 6.45) is 1.57. The Morgan fingerprint density at radius 1 is 1.30 bits per heavy atom. The third-order valence-electron chi connectivity index (χ3n) is 2.57. The molecule has 0 spiro atoms. The van der Waals surface area contributed by atoms with Crippen LogP contribution >= 0.6 is 0 Å². The highest BCUT2D eigenvalue weighted by Crippen LogP contribution is 2.22. The van der Waals surface area contributed by atoms with E-state index in [9.17, 15) is 18.3 Å². The van der Waals surface area contributed by atoms with Crippen LogP contribution in [0, 0.1) is 0 Å². The van der Waals surface area contributed by atoms with E-state index in [4.69, 9.17) is 4.74 Å². The van der Waals surface area contributed by atoms with Crippen LogP contribution in [0.15, 0.2) is 18.3 Å². The molecule has 1 aromatic heterocycles. The first kappa shape index (κ1) is 19.3. The van der Waals surface area contributed by atoms with Gasteiger partial charge in [-0.05, 0) is 33.8 Å². The van der Waals surface area contributed by atoms with Crippen molar-refractivity contribution in [3.8, 4) is 0 Å². The van der Waals surface area contributed by atoms with E-state index in [2.05, 4.69) is 14.5 Å². The molecule has 0 aliphatic heterocycles. The highest BCUT2D eigenvalue weighted by atomic mass is 32.2. The van der Waals surface area contributed by atoms with Crippen molar-refractivity contribution in [2.24, 2.45) is 0 Å². The van der Waals surface area contributed by atoms with Crippen molar-refractivity contribution in [2.45, 2.75) is 38.9 Å². The molecule has 0 aromatic carbocycles. The van der Waals surface area contributed by atoms with E-state index in [1.807, 2.05) is 0 Å². The quantitative estimate of drug-likeness (QED) is 0.778. The summed E-state index contributed by atoms with van der Waals surface area (Å²) in [6, 6.07) is 2.97. The Morgan fingerprint density at radius 2 is 1.91 bits per heavy atom. The summed E-state index contributed by atoms with van der Waals surface area (Å²) in [4.78, 5) is 15.6. The average molecular weight is 346 g/mol. The summed E-state index contributed by atoms with van der Waals surface area (Å²) < 4.78 is 31.7. The number of nitrogens with one attached hydrogen (secondary N) is 1. The molecular weight excluding hydrogens is 324 g/mol. The van der Waals surface area contributed by atoms with Gasteiger partial charge in [-0.25, -0.2) is 9.78 Å². The molecule has 0 fully saturated rings. The molecule has 1 heterocycles. The van der Waals surface area contributed by atoms with Gasteiger partial charge in [-0.3, -0.25) is 9.50 Å². The van der Waals surface area contributed by atoms with E-state index in [1.54, 1.807) is 20.8 Å². The van der Waals surface area contributed by atoms with Gasteiger partial charge in [0.25, 0.3) is 10.1 Å². The molecule has 2 N–H and O–H groups in total. The van der Waals surface area contributed by atoms with Crippen LogP contribution in [-0.4, -0.2) is 43.1 Å². The molecule has 8 nitrogen and oxygen atoms in total. The number of rotatable bonds is 5. The van der Waals surface area contributed by atoms with Gasteiger partial charge in [-0.2, -0.15) is 8.42 Å². The number of amides is 1. The number of aliphatic hydroxyl groups is 1. The van der Waals surface area contributed by atoms with Crippen LogP contribution in [-0.2, 0) is 24.6 Å². The fourth-order valence-corrected chi connectivity index (χ4v) is 1.94. The van der Waals surface area contributed by atoms with Crippen molar-refractivity contribution >= 4 is 22.0 Å². The van der Waals surface area contributed by atoms with Crippen molar-refractivity contribution in [2.75, 3.05) is 18.2 Å². The van der Waals surface area contributed by atoms with Gasteiger partial charge in [-0.1, -0.05) is 6.07 Å². The maximum absolute atomic E-state index is 11.6. The zero-order valence-corrected chi connectivity index (χ0v) is 14.6. The summed E-state index contributed by atoms with van der Waals surface area (Å²) in [6.45, 7) is 6.18. The van der Waals surface area contributed by atoms with Gasteiger partial charge in [0.15, 0.2) is 0 Å². The second kappa shape index (κ2) is 6.81. The van der Waals surface area contributed by atoms with Crippen LogP contribution < -0.4 is 5.32 Å². The minimum absolute atomic E-state index is 0.239. The second-order valence-electron chi connectivity index (χ2n) is 6.30. The summed E-state index contributed by atoms with van der Waals surface area (Å²) in [5.41, 5.74) is -1.83. The van der Waals surface area contributed by atoms with Crippen molar-refractivity contribution < 1.29 is 27.2 Å². The Morgan fingerprint density at radius 3 is 2.35 bits per heavy atom. The molecule has 1 rings (SSSR count). The van der Waals surface area contributed by atoms with Crippen LogP contribution in [0.2, 0.25) is 0 Å². The fraction of sp³-hybridized carbons (Fsp3) is 0.571. The number of carbonyl (C=O) groups excluding carboxylic acids is 1. The molecule has 23 heavy (non-hydrogen) atoms. The van der Waals surface area contributed by atoms with Gasteiger partial charge >= 0.3 is 6.09 Å². The molecule has 1 atom stereocenters. The van der Waals surface area contributed by atoms with Gasteiger partial charge in [0.2, 0.25) is 0 Å². The van der Waals surface area contributed by atoms with Crippen molar-refractivity contribution in [3.63, 3.8) is 0 Å². The number of anilines is 1. The number of hydrogen-bond acceptors (Lipinski definition) is 7. The number of carbonyl (C=O) groups is 1. The Labute approximate surface area is 136 Å². The third-order valence-corrected chi connectivity index (χ3v) is 3.11. The zero-order chi connectivity index (χ0) is 17.9. The van der Waals surface area contributed by atoms with Crippen LogP contribution in [0.3, 0.4) is 0 Å². The van der Waals surface area contributed by atoms with Gasteiger partial charge < -0.3 is 9.84 Å². The molecular formula is C14H22N2O6S. The molecule has 0 saturated carbocycles. The Hall–Kier alpha value is -1.71. The number of nitrogens with zero attached hydrogens (tertiary/aromatic N) is 1. The molecule has 9 heteroatoms. The topological polar surface area (TPSA) is 115 Å². The first-order valence-electron chi connectivity index (χ1n) is 6.82. The van der Waals surface area contributed by atoms with Crippen LogP contribution in [0.1, 0.15) is 33.3 Å². The fourth-order valence-electron chi connectivity index (χ4n) is 1.50. The van der Waals surface area contributed by atoms with E-state index < -0.39 is 34.0 Å². The van der Waals surface area contributed by atoms with E-state index in [0.29, 0.717) is 5.56 Å². The normalized spacial score (nSPS) is 14.9. The van der Waals surface area contributed by atoms with E-state index >= 15 is 0 Å². The summed E-state index contributed by atoms with van der Waals surface area (Å²) in [5.74, 6) is 0.239. The highest BCUT2D eigenvalue weighted by molar-refractivity contribution is 7.85. The molecule has 130 valence electrons. The monoisotopic (exact) mass is 346 g/mol. The van der Waals surface area contributed by atoms with Crippen molar-refractivity contribution in [1.82, 2.24) is 4.98 Å². The molecule has 1 aromatic rings. The second-order valence-corrected chi connectivity index (χ2v) is 7.94. The zero-order valence-electron chi connectivity index (χ0n) is 13.8. The first-order chi connectivity index (χ1) is 10.3. The van der Waals surface area contributed by atoms with E-state index in [-0.39, 0.29) is 5.82 Å². The minimum atomic E-state index is -3.66. The van der Waals surface area contributed by atoms with Crippen molar-refractivity contribution in [3.05, 3.63) is 23.9 Å². The standard InChI is InChI=1S/C14H22N2O6S/c1-13(2,3)22-12(17)16-11-7-6-10(8-15-11)14(4,18)9-21-23(5,19)20/h6-8,18H,9H2,1-5H3,(H,15,16,17)/t14-/m1/s1. The van der Waals surface area contributed by atoms with E-state index in [0.717, 1.165) is 6.26 Å². The summed E-state index contributed by atoms with van der Waals surface area (Å²) in [7, 11) is -3.66. The molecule has 0 saturated heterocycles. The van der Waals surface area contributed by atoms with E-state index in [1.165, 1.54) is 25.3 Å². The maximum atomic E-state index is 11.6. The van der Waals surface area contributed by atoms with Gasteiger partial charge in [0.05, 0.1) is 12.9 Å². The highest BCUT2D eigenvalue weighted by Gasteiger charge is 2.26. The predicted molar refractivity (Wildman–Crippen MR) is 84.5 cm³/mol. The Kier molecular flexibility index (Phi) is 5.73. The summed E-state index contributed by atoms with van der Waals surface area (Å²) >= 11 is 0. The maximum Gasteiger partial charge on any atom is 0.413 e. The number of pyridine rings is 1. The first-order valence-corrected chi connectivity index (χ1v) is 8.63. The predicted octanol–water partition coefficient (Wildman–Crippen LogP) is 1.61. The van der Waals surface area contributed by atoms with Crippen LogP contribution in [0.4, 0.5) is 10.6 Å². The lowest BCUT2D eigenvalue weighted by molar-refractivity contribution is 0.00981. The average Bonchev–Trinajstić information content (AvgIpc) is 2.34. The van der Waals surface area contributed by atoms with Crippen LogP contribution in [0.5, 0.6) is 0 Å².